The Morgan fingerprint density at radius 3 is 1.55 bits per heavy atom. The van der Waals surface area contributed by atoms with Gasteiger partial charge >= 0.3 is 24.0 Å². The first-order valence-electron chi connectivity index (χ1n) is 25.0. The van der Waals surface area contributed by atoms with Crippen LogP contribution in [0.2, 0.25) is 0 Å². The molecule has 4 fully saturated rings. The molecule has 0 bridgehead atoms. The lowest BCUT2D eigenvalue weighted by Gasteiger charge is -2.54. The van der Waals surface area contributed by atoms with E-state index in [0.717, 1.165) is 33.4 Å². The molecule has 0 unspecified atom stereocenters. The number of ether oxygens (including phenoxy) is 2. The van der Waals surface area contributed by atoms with Crippen LogP contribution in [0.25, 0.3) is 11.1 Å². The Kier molecular flexibility index (Phi) is 17.6. The zero-order chi connectivity index (χ0) is 53.9. The van der Waals surface area contributed by atoms with E-state index in [0.29, 0.717) is 13.2 Å². The Morgan fingerprint density at radius 1 is 0.605 bits per heavy atom. The van der Waals surface area contributed by atoms with Gasteiger partial charge in [-0.25, -0.2) is 24.6 Å². The van der Waals surface area contributed by atoms with E-state index in [4.69, 9.17) is 9.47 Å². The van der Waals surface area contributed by atoms with Gasteiger partial charge in [0.05, 0.1) is 52.5 Å². The summed E-state index contributed by atoms with van der Waals surface area (Å²) in [4.78, 5) is 112. The van der Waals surface area contributed by atoms with Crippen LogP contribution in [-0.2, 0) is 64.5 Å². The molecule has 0 aromatic heterocycles. The molecule has 4 aliphatic rings. The van der Waals surface area contributed by atoms with Gasteiger partial charge in [-0.3, -0.25) is 33.8 Å². The van der Waals surface area contributed by atoms with Crippen LogP contribution in [0.15, 0.2) is 122 Å². The van der Waals surface area contributed by atoms with Gasteiger partial charge in [0.25, 0.3) is 0 Å². The van der Waals surface area contributed by atoms with Gasteiger partial charge in [-0.1, -0.05) is 116 Å². The normalized spacial score (nSPS) is 19.8. The smallest absolute Gasteiger partial charge is 0.338 e. The van der Waals surface area contributed by atoms with Gasteiger partial charge in [0.15, 0.2) is 0 Å². The summed E-state index contributed by atoms with van der Waals surface area (Å²) in [5.41, 5.74) is 5.18. The van der Waals surface area contributed by atoms with Crippen LogP contribution in [0.1, 0.15) is 41.5 Å². The molecule has 4 atom stereocenters. The molecule has 0 saturated carbocycles. The predicted octanol–water partition coefficient (Wildman–Crippen LogP) is 3.12. The first-order valence-corrected chi connectivity index (χ1v) is 25.0. The van der Waals surface area contributed by atoms with E-state index in [2.05, 4.69) is 17.2 Å². The van der Waals surface area contributed by atoms with Gasteiger partial charge in [0, 0.05) is 45.8 Å². The number of nitrogens with one attached hydrogen (secondary N) is 2. The maximum absolute atomic E-state index is 14.1. The number of urea groups is 2. The Bertz CT molecular complexity index is 2750. The summed E-state index contributed by atoms with van der Waals surface area (Å²) in [7, 11) is 1.59. The zero-order valence-corrected chi connectivity index (χ0v) is 42.1. The molecular formula is C54H62N10O12. The van der Waals surface area contributed by atoms with Crippen LogP contribution >= 0.6 is 0 Å². The van der Waals surface area contributed by atoms with Crippen molar-refractivity contribution >= 4 is 47.6 Å². The number of piperazine rings is 2. The highest BCUT2D eigenvalue weighted by atomic mass is 16.5. The second-order valence-corrected chi connectivity index (χ2v) is 18.8. The summed E-state index contributed by atoms with van der Waals surface area (Å²) >= 11 is 0. The molecule has 0 spiro atoms. The second kappa shape index (κ2) is 24.8. The van der Waals surface area contributed by atoms with Crippen LogP contribution in [0, 0.1) is 0 Å². The molecule has 4 N–H and O–H groups in total. The summed E-state index contributed by atoms with van der Waals surface area (Å²) < 4.78 is 11.7. The highest BCUT2D eigenvalue weighted by Crippen LogP contribution is 2.30. The van der Waals surface area contributed by atoms with Crippen molar-refractivity contribution in [1.29, 1.82) is 0 Å². The Hall–Kier alpha value is -8.34. The number of hydrogen-bond donors (Lipinski definition) is 4. The number of carbonyl (C=O) groups excluding carboxylic acids is 6. The van der Waals surface area contributed by atoms with Gasteiger partial charge in [0.2, 0.25) is 23.6 Å². The molecule has 4 heterocycles. The van der Waals surface area contributed by atoms with Crippen molar-refractivity contribution < 1.29 is 58.0 Å². The largest absolute Gasteiger partial charge is 0.481 e. The van der Waals surface area contributed by atoms with Gasteiger partial charge in [-0.2, -0.15) is 0 Å². The fourth-order valence-electron chi connectivity index (χ4n) is 9.94. The Balaban J connectivity index is 0.872. The number of benzene rings is 4. The highest BCUT2D eigenvalue weighted by Gasteiger charge is 2.52. The molecule has 22 heteroatoms. The van der Waals surface area contributed by atoms with E-state index in [9.17, 15) is 48.6 Å². The number of carboxylic acid groups (broad SMARTS) is 2. The quantitative estimate of drug-likeness (QED) is 0.0877. The third kappa shape index (κ3) is 12.8. The van der Waals surface area contributed by atoms with Crippen LogP contribution < -0.4 is 10.6 Å². The van der Waals surface area contributed by atoms with Gasteiger partial charge in [-0.05, 0) is 39.8 Å². The van der Waals surface area contributed by atoms with Crippen LogP contribution in [0.5, 0.6) is 0 Å². The number of carbonyl (C=O) groups is 8. The zero-order valence-electron chi connectivity index (χ0n) is 42.1. The lowest BCUT2D eigenvalue weighted by Crippen LogP contribution is -2.76. The fourth-order valence-corrected chi connectivity index (χ4v) is 9.94. The number of amides is 8. The minimum atomic E-state index is -1.31. The van der Waals surface area contributed by atoms with Crippen molar-refractivity contribution in [2.24, 2.45) is 0 Å². The number of carboxylic acids is 2. The van der Waals surface area contributed by atoms with Crippen LogP contribution in [0.3, 0.4) is 0 Å². The number of rotatable bonds is 21. The van der Waals surface area contributed by atoms with Gasteiger partial charge in [-0.15, -0.1) is 0 Å². The van der Waals surface area contributed by atoms with E-state index < -0.39 is 78.5 Å². The third-order valence-electron chi connectivity index (χ3n) is 13.7. The molecule has 0 aliphatic carbocycles. The molecule has 22 nitrogen and oxygen atoms in total. The lowest BCUT2D eigenvalue weighted by molar-refractivity contribution is -0.189. The van der Waals surface area contributed by atoms with E-state index in [1.54, 1.807) is 7.05 Å². The molecular weight excluding hydrogens is 981 g/mol. The minimum absolute atomic E-state index is 0.0385. The maximum atomic E-state index is 14.1. The minimum Gasteiger partial charge on any atom is -0.481 e. The molecule has 0 radical (unpaired) electrons. The number of aliphatic carboxylic acids is 2. The number of likely N-dealkylation sites (N-methyl/N-ethyl adjacent to an activating group) is 1. The SMILES string of the molecule is C=CN1CC(=O)N2[C@@H](CCC(=O)O)C(=O)N(CCOCc3ccccc3)C[C@@H]2N1C(=O)NCc1ccc(-c2ccc(CNC(=O)N3[C@H]4CN(CCOCc5ccccc5)C(=O)[C@H](CC(=O)O)N4C(=O)CN3C)cc2)cc1. The van der Waals surface area contributed by atoms with Crippen molar-refractivity contribution in [1.82, 2.24) is 50.3 Å². The second-order valence-electron chi connectivity index (χ2n) is 18.8. The van der Waals surface area contributed by atoms with Crippen molar-refractivity contribution in [2.75, 3.05) is 59.5 Å². The van der Waals surface area contributed by atoms with Crippen molar-refractivity contribution in [3.8, 4) is 11.1 Å². The van der Waals surface area contributed by atoms with Crippen LogP contribution in [-0.4, -0.2) is 181 Å². The summed E-state index contributed by atoms with van der Waals surface area (Å²) in [6, 6.07) is 30.6. The average molecular weight is 1040 g/mol. The number of hydrogen-bond acceptors (Lipinski definition) is 12. The highest BCUT2D eigenvalue weighted by molar-refractivity contribution is 5.94. The molecule has 4 aromatic carbocycles. The lowest BCUT2D eigenvalue weighted by atomic mass is 10.0. The number of fused-ring (bicyclic) bond motifs is 2. The Morgan fingerprint density at radius 2 is 1.07 bits per heavy atom. The maximum Gasteiger partial charge on any atom is 0.338 e. The Labute approximate surface area is 439 Å². The van der Waals surface area contributed by atoms with E-state index >= 15 is 0 Å². The summed E-state index contributed by atoms with van der Waals surface area (Å²) in [5.74, 6) is -4.23. The average Bonchev–Trinajstić information content (AvgIpc) is 3.41. The van der Waals surface area contributed by atoms with Gasteiger partial charge < -0.3 is 49.9 Å². The molecule has 4 aromatic rings. The van der Waals surface area contributed by atoms with Crippen molar-refractivity contribution in [2.45, 2.75) is 70.0 Å². The first kappa shape index (κ1) is 53.9. The standard InChI is InChI=1S/C54H62N10O12/c1-3-60-34-48(66)61-43(22-23-49(67)68)51(71)58(24-26-75-35-39-10-6-4-7-11-39)32-46(61)64(60)54(74)56-30-38-16-20-42(21-17-38)41-18-14-37(15-19-41)29-55-53(73)63-45-31-59(25-27-76-36-40-12-8-5-9-13-40)52(72)44(28-50(69)70)62(45)47(65)33-57(63)2/h3-21,43-46H,1,22-36H2,2H3,(H,55,73)(H,56,74)(H,67,68)(H,69,70)/t43-,44-,45-,46-/m0/s1. The molecule has 76 heavy (non-hydrogen) atoms. The van der Waals surface area contributed by atoms with Crippen molar-refractivity contribution in [3.05, 3.63) is 144 Å². The molecule has 8 amide bonds. The molecule has 8 rings (SSSR count). The number of nitrogens with zero attached hydrogens (tertiary/aromatic N) is 8. The third-order valence-corrected chi connectivity index (χ3v) is 13.7. The first-order chi connectivity index (χ1) is 36.7. The van der Waals surface area contributed by atoms with E-state index in [1.165, 1.54) is 45.8 Å². The van der Waals surface area contributed by atoms with E-state index in [1.807, 2.05) is 109 Å². The summed E-state index contributed by atoms with van der Waals surface area (Å²) in [6.45, 7) is 4.67. The summed E-state index contributed by atoms with van der Waals surface area (Å²) in [5, 5.41) is 30.7. The molecule has 4 saturated heterocycles. The molecule has 400 valence electrons. The van der Waals surface area contributed by atoms with E-state index in [-0.39, 0.29) is 78.4 Å². The fraction of sp³-hybridized carbons (Fsp3) is 0.370. The number of hydrazine groups is 2. The van der Waals surface area contributed by atoms with Crippen molar-refractivity contribution in [3.63, 3.8) is 0 Å². The predicted molar refractivity (Wildman–Crippen MR) is 273 cm³/mol. The summed E-state index contributed by atoms with van der Waals surface area (Å²) in [6.07, 6.45) is -1.68. The van der Waals surface area contributed by atoms with Gasteiger partial charge in [0.1, 0.15) is 31.0 Å². The molecule has 4 aliphatic heterocycles. The topological polar surface area (TPSA) is 245 Å². The van der Waals surface area contributed by atoms with Crippen LogP contribution in [0.4, 0.5) is 9.59 Å². The monoisotopic (exact) mass is 1040 g/mol.